The number of anilines is 1. The first-order valence-corrected chi connectivity index (χ1v) is 15.5. The number of hydrogen-bond donors (Lipinski definition) is 1. The van der Waals surface area contributed by atoms with Gasteiger partial charge in [-0.25, -0.2) is 28.4 Å². The van der Waals surface area contributed by atoms with E-state index in [9.17, 15) is 13.2 Å². The van der Waals surface area contributed by atoms with Gasteiger partial charge in [0.2, 0.25) is 5.88 Å². The third-order valence-electron chi connectivity index (χ3n) is 6.20. The van der Waals surface area contributed by atoms with Gasteiger partial charge in [-0.2, -0.15) is 0 Å². The molecule has 4 aromatic rings. The van der Waals surface area contributed by atoms with E-state index in [0.717, 1.165) is 13.1 Å². The van der Waals surface area contributed by atoms with Crippen molar-refractivity contribution in [1.82, 2.24) is 24.8 Å². The van der Waals surface area contributed by atoms with Crippen molar-refractivity contribution in [3.63, 3.8) is 0 Å². The second-order valence-electron chi connectivity index (χ2n) is 9.48. The molecule has 1 aliphatic heterocycles. The first-order valence-electron chi connectivity index (χ1n) is 13.0. The molecule has 1 aliphatic rings. The molecule has 1 amide bonds. The maximum absolute atomic E-state index is 13.4. The van der Waals surface area contributed by atoms with Gasteiger partial charge >= 0.3 is 0 Å². The highest BCUT2D eigenvalue weighted by Gasteiger charge is 2.25. The molecule has 1 fully saturated rings. The van der Waals surface area contributed by atoms with E-state index >= 15 is 0 Å². The van der Waals surface area contributed by atoms with Gasteiger partial charge in [0.15, 0.2) is 33.1 Å². The zero-order chi connectivity index (χ0) is 29.5. The third kappa shape index (κ3) is 7.42. The van der Waals surface area contributed by atoms with Crippen LogP contribution >= 0.6 is 11.3 Å². The zero-order valence-electron chi connectivity index (χ0n) is 23.0. The Hall–Kier alpha value is -4.05. The molecule has 220 valence electrons. The van der Waals surface area contributed by atoms with Crippen molar-refractivity contribution in [3.8, 4) is 5.88 Å². The van der Waals surface area contributed by atoms with Gasteiger partial charge in [-0.15, -0.1) is 0 Å². The summed E-state index contributed by atoms with van der Waals surface area (Å²) in [6.07, 6.45) is 3.60. The van der Waals surface area contributed by atoms with Gasteiger partial charge in [-0.3, -0.25) is 15.0 Å². The average Bonchev–Trinajstić information content (AvgIpc) is 3.36. The molecule has 13 nitrogen and oxygen atoms in total. The molecule has 5 rings (SSSR count). The van der Waals surface area contributed by atoms with Crippen molar-refractivity contribution >= 4 is 48.3 Å². The molecule has 1 aromatic carbocycles. The Labute approximate surface area is 246 Å². The summed E-state index contributed by atoms with van der Waals surface area (Å²) in [4.78, 5) is 38.9. The SMILES string of the molecule is COCCCS(=O)(=O)c1ccc(C(=NOCc2ncccn2)C(=O)Nc2nc3ccc(OC4CN(C)C4)nc3s2)cc1. The monoisotopic (exact) mass is 611 g/mol. The fraction of sp³-hybridized carbons (Fsp3) is 0.333. The van der Waals surface area contributed by atoms with E-state index in [1.165, 1.54) is 42.7 Å². The van der Waals surface area contributed by atoms with Crippen molar-refractivity contribution in [1.29, 1.82) is 0 Å². The van der Waals surface area contributed by atoms with Gasteiger partial charge in [-0.05, 0) is 37.7 Å². The first-order chi connectivity index (χ1) is 20.3. The number of likely N-dealkylation sites (N-methyl/N-ethyl adjacent to an activating group) is 1. The van der Waals surface area contributed by atoms with E-state index in [1.807, 2.05) is 7.05 Å². The van der Waals surface area contributed by atoms with Crippen molar-refractivity contribution in [2.75, 3.05) is 44.9 Å². The number of nitrogens with zero attached hydrogens (tertiary/aromatic N) is 6. The molecule has 0 saturated carbocycles. The van der Waals surface area contributed by atoms with Crippen LogP contribution in [0.25, 0.3) is 10.3 Å². The fourth-order valence-corrected chi connectivity index (χ4v) is 6.19. The number of thiazole rings is 1. The van der Waals surface area contributed by atoms with E-state index in [2.05, 4.69) is 35.3 Å². The minimum absolute atomic E-state index is 0.0576. The van der Waals surface area contributed by atoms with E-state index < -0.39 is 15.7 Å². The van der Waals surface area contributed by atoms with Crippen LogP contribution in [0.1, 0.15) is 17.8 Å². The van der Waals surface area contributed by atoms with Crippen LogP contribution in [0.15, 0.2) is 64.9 Å². The smallest absolute Gasteiger partial charge is 0.280 e. The maximum atomic E-state index is 13.4. The Balaban J connectivity index is 1.34. The summed E-state index contributed by atoms with van der Waals surface area (Å²) in [6.45, 7) is 1.94. The minimum Gasteiger partial charge on any atom is -0.472 e. The Bertz CT molecular complexity index is 1660. The number of oxime groups is 1. The number of aromatic nitrogens is 4. The Morgan fingerprint density at radius 2 is 1.88 bits per heavy atom. The molecule has 4 heterocycles. The number of pyridine rings is 1. The predicted molar refractivity (Wildman–Crippen MR) is 156 cm³/mol. The number of amides is 1. The van der Waals surface area contributed by atoms with Crippen LogP contribution in [0.5, 0.6) is 5.88 Å². The van der Waals surface area contributed by atoms with Crippen LogP contribution in [0.4, 0.5) is 5.13 Å². The number of fused-ring (bicyclic) bond motifs is 1. The van der Waals surface area contributed by atoms with Gasteiger partial charge in [0.25, 0.3) is 5.91 Å². The molecule has 1 saturated heterocycles. The first kappa shape index (κ1) is 29.4. The highest BCUT2D eigenvalue weighted by atomic mass is 32.2. The predicted octanol–water partition coefficient (Wildman–Crippen LogP) is 2.54. The number of benzene rings is 1. The van der Waals surface area contributed by atoms with Crippen molar-refractivity contribution in [3.05, 3.63) is 66.2 Å². The molecule has 3 aromatic heterocycles. The summed E-state index contributed by atoms with van der Waals surface area (Å²) in [6, 6.07) is 11.1. The topological polar surface area (TPSA) is 158 Å². The second-order valence-corrected chi connectivity index (χ2v) is 12.6. The number of carbonyl (C=O) groups excluding carboxylic acids is 1. The zero-order valence-corrected chi connectivity index (χ0v) is 24.6. The molecule has 0 aliphatic carbocycles. The van der Waals surface area contributed by atoms with Gasteiger partial charge in [-0.1, -0.05) is 28.6 Å². The lowest BCUT2D eigenvalue weighted by molar-refractivity contribution is -0.110. The number of nitrogens with one attached hydrogen (secondary N) is 1. The van der Waals surface area contributed by atoms with Crippen LogP contribution < -0.4 is 10.1 Å². The molecule has 42 heavy (non-hydrogen) atoms. The average molecular weight is 612 g/mol. The Morgan fingerprint density at radius 1 is 1.12 bits per heavy atom. The lowest BCUT2D eigenvalue weighted by Crippen LogP contribution is -2.51. The Kier molecular flexibility index (Phi) is 9.31. The van der Waals surface area contributed by atoms with Gasteiger partial charge < -0.3 is 14.3 Å². The highest BCUT2D eigenvalue weighted by molar-refractivity contribution is 7.91. The van der Waals surface area contributed by atoms with Gasteiger partial charge in [0.05, 0.1) is 10.6 Å². The minimum atomic E-state index is -3.52. The largest absolute Gasteiger partial charge is 0.472 e. The third-order valence-corrected chi connectivity index (χ3v) is 8.90. The van der Waals surface area contributed by atoms with Crippen molar-refractivity contribution in [2.24, 2.45) is 5.16 Å². The number of ether oxygens (including phenoxy) is 2. The molecule has 1 N–H and O–H groups in total. The standard InChI is InChI=1S/C27H29N7O6S2/c1-34-15-19(16-34)40-23-10-9-21-26(31-23)41-27(30-21)32-25(35)24(33-39-17-22-28-11-3-12-29-22)18-5-7-20(8-6-18)42(36,37)14-4-13-38-2/h3,5-12,19H,4,13-17H2,1-2H3,(H,30,32,35). The van der Waals surface area contributed by atoms with Crippen LogP contribution in [-0.4, -0.2) is 90.6 Å². The van der Waals surface area contributed by atoms with Gasteiger partial charge in [0, 0.05) is 50.8 Å². The quantitative estimate of drug-likeness (QED) is 0.135. The summed E-state index contributed by atoms with van der Waals surface area (Å²) < 4.78 is 36.2. The Morgan fingerprint density at radius 3 is 2.60 bits per heavy atom. The molecule has 0 bridgehead atoms. The number of methoxy groups -OCH3 is 1. The summed E-state index contributed by atoms with van der Waals surface area (Å²) in [5.74, 6) is 0.214. The molecule has 0 radical (unpaired) electrons. The summed E-state index contributed by atoms with van der Waals surface area (Å²) >= 11 is 1.19. The number of likely N-dealkylation sites (tertiary alicyclic amines) is 1. The van der Waals surface area contributed by atoms with E-state index in [4.69, 9.17) is 14.3 Å². The maximum Gasteiger partial charge on any atom is 0.280 e. The molecule has 0 unspecified atom stereocenters. The van der Waals surface area contributed by atoms with Crippen LogP contribution in [0.2, 0.25) is 0 Å². The molecule has 0 atom stereocenters. The van der Waals surface area contributed by atoms with Crippen molar-refractivity contribution < 1.29 is 27.5 Å². The fourth-order valence-electron chi connectivity index (χ4n) is 4.08. The van der Waals surface area contributed by atoms with E-state index in [-0.39, 0.29) is 29.1 Å². The number of carbonyl (C=O) groups is 1. The number of rotatable bonds is 13. The molecular weight excluding hydrogens is 582 g/mol. The lowest BCUT2D eigenvalue weighted by atomic mass is 10.1. The molecular formula is C27H29N7O6S2. The number of sulfone groups is 1. The highest BCUT2D eigenvalue weighted by Crippen LogP contribution is 2.27. The molecule has 15 heteroatoms. The lowest BCUT2D eigenvalue weighted by Gasteiger charge is -2.35. The summed E-state index contributed by atoms with van der Waals surface area (Å²) in [5, 5.41) is 7.11. The van der Waals surface area contributed by atoms with Crippen molar-refractivity contribution in [2.45, 2.75) is 24.0 Å². The summed E-state index contributed by atoms with van der Waals surface area (Å²) in [5.41, 5.74) is 0.865. The van der Waals surface area contributed by atoms with Crippen LogP contribution in [0, 0.1) is 0 Å². The van der Waals surface area contributed by atoms with Crippen LogP contribution in [0.3, 0.4) is 0 Å². The van der Waals surface area contributed by atoms with E-state index in [0.29, 0.717) is 45.8 Å². The van der Waals surface area contributed by atoms with Gasteiger partial charge in [0.1, 0.15) is 16.5 Å². The van der Waals surface area contributed by atoms with E-state index in [1.54, 1.807) is 30.6 Å². The normalized spacial score (nSPS) is 14.5. The second kappa shape index (κ2) is 13.3. The molecule has 0 spiro atoms. The number of hydrogen-bond acceptors (Lipinski definition) is 13. The summed E-state index contributed by atoms with van der Waals surface area (Å²) in [7, 11) is 0.0203. The van der Waals surface area contributed by atoms with Crippen LogP contribution in [-0.2, 0) is 30.8 Å².